The van der Waals surface area contributed by atoms with Gasteiger partial charge in [0.1, 0.15) is 5.60 Å². The third-order valence-electron chi connectivity index (χ3n) is 9.89. The summed E-state index contributed by atoms with van der Waals surface area (Å²) >= 11 is 0. The predicted molar refractivity (Wildman–Crippen MR) is 130 cm³/mol. The largest absolute Gasteiger partial charge is 0.440 e. The number of aliphatic hydroxyl groups excluding tert-OH is 2. The maximum absolute atomic E-state index is 13.9. The number of carbonyl (C=O) groups is 2. The molecule has 8 atom stereocenters. The molecule has 0 aromatic carbocycles. The van der Waals surface area contributed by atoms with Gasteiger partial charge in [0.25, 0.3) is 0 Å². The summed E-state index contributed by atoms with van der Waals surface area (Å²) in [6.45, 7) is 12.6. The fraction of sp³-hybridized carbons (Fsp3) is 0.852. The maximum Gasteiger partial charge on any atom is 0.407 e. The maximum atomic E-state index is 13.9. The molecule has 1 aliphatic heterocycles. The van der Waals surface area contributed by atoms with Crippen LogP contribution in [0, 0.1) is 16.7 Å². The van der Waals surface area contributed by atoms with E-state index in [4.69, 9.17) is 9.47 Å². The van der Waals surface area contributed by atoms with Crippen LogP contribution in [0.3, 0.4) is 0 Å². The van der Waals surface area contributed by atoms with Crippen molar-refractivity contribution in [3.05, 3.63) is 12.7 Å². The number of amides is 1. The Kier molecular flexibility index (Phi) is 6.48. The Morgan fingerprint density at radius 2 is 1.74 bits per heavy atom. The molecule has 4 aliphatic rings. The van der Waals surface area contributed by atoms with Crippen molar-refractivity contribution >= 4 is 11.9 Å². The molecule has 0 bridgehead atoms. The summed E-state index contributed by atoms with van der Waals surface area (Å²) in [5.41, 5.74) is -7.15. The van der Waals surface area contributed by atoms with E-state index in [1.54, 1.807) is 13.8 Å². The van der Waals surface area contributed by atoms with Crippen molar-refractivity contribution in [1.82, 2.24) is 5.32 Å². The van der Waals surface area contributed by atoms with Gasteiger partial charge in [-0.15, -0.1) is 6.58 Å². The van der Waals surface area contributed by atoms with E-state index in [1.165, 1.54) is 13.0 Å². The van der Waals surface area contributed by atoms with Crippen molar-refractivity contribution in [2.24, 2.45) is 16.7 Å². The first-order valence-corrected chi connectivity index (χ1v) is 13.1. The van der Waals surface area contributed by atoms with Crippen LogP contribution >= 0.6 is 0 Å². The van der Waals surface area contributed by atoms with Gasteiger partial charge in [0.2, 0.25) is 0 Å². The van der Waals surface area contributed by atoms with Crippen molar-refractivity contribution in [3.63, 3.8) is 0 Å². The monoisotopic (exact) mass is 493 g/mol. The second-order valence-electron chi connectivity index (χ2n) is 12.6. The average Bonchev–Trinajstić information content (AvgIpc) is 2.78. The number of carbonyl (C=O) groups excluding carboxylic acids is 2. The molecule has 0 spiro atoms. The third kappa shape index (κ3) is 3.70. The zero-order valence-corrected chi connectivity index (χ0v) is 21.8. The summed E-state index contributed by atoms with van der Waals surface area (Å²) in [6.07, 6.45) is 2.80. The van der Waals surface area contributed by atoms with Gasteiger partial charge >= 0.3 is 6.09 Å². The summed E-state index contributed by atoms with van der Waals surface area (Å²) in [7, 11) is 0. The molecule has 3 saturated carbocycles. The van der Waals surface area contributed by atoms with E-state index in [9.17, 15) is 24.9 Å². The Morgan fingerprint density at radius 1 is 1.11 bits per heavy atom. The van der Waals surface area contributed by atoms with Crippen molar-refractivity contribution in [1.29, 1.82) is 0 Å². The summed E-state index contributed by atoms with van der Waals surface area (Å²) in [6, 6.07) is -0.0192. The number of hydrogen-bond acceptors (Lipinski definition) is 7. The molecule has 8 nitrogen and oxygen atoms in total. The molecule has 1 heterocycles. The second-order valence-corrected chi connectivity index (χ2v) is 12.6. The molecule has 0 radical (unpaired) electrons. The number of ether oxygens (including phenoxy) is 2. The minimum atomic E-state index is -2.21. The molecule has 4 N–H and O–H groups in total. The number of hydrogen-bond donors (Lipinski definition) is 4. The Labute approximate surface area is 208 Å². The molecule has 8 heteroatoms. The van der Waals surface area contributed by atoms with Crippen LogP contribution in [0.1, 0.15) is 86.0 Å². The molecule has 0 aromatic heterocycles. The molecular weight excluding hydrogens is 450 g/mol. The topological polar surface area (TPSA) is 125 Å². The van der Waals surface area contributed by atoms with Crippen LogP contribution in [0.4, 0.5) is 4.79 Å². The first-order valence-electron chi connectivity index (χ1n) is 13.1. The van der Waals surface area contributed by atoms with Gasteiger partial charge in [-0.1, -0.05) is 46.1 Å². The van der Waals surface area contributed by atoms with Crippen LogP contribution in [0.15, 0.2) is 12.7 Å². The van der Waals surface area contributed by atoms with Crippen LogP contribution in [0.5, 0.6) is 0 Å². The minimum absolute atomic E-state index is 0.0192. The Bertz CT molecular complexity index is 885. The highest BCUT2D eigenvalue weighted by molar-refractivity contribution is 5.92. The quantitative estimate of drug-likeness (QED) is 0.445. The lowest BCUT2D eigenvalue weighted by Crippen LogP contribution is -2.86. The van der Waals surface area contributed by atoms with E-state index < -0.39 is 63.7 Å². The first-order chi connectivity index (χ1) is 16.2. The molecular formula is C27H43NO7. The predicted octanol–water partition coefficient (Wildman–Crippen LogP) is 3.02. The summed E-state index contributed by atoms with van der Waals surface area (Å²) in [5.74, 6) is -1.24. The van der Waals surface area contributed by atoms with E-state index in [0.717, 1.165) is 32.1 Å². The van der Waals surface area contributed by atoms with E-state index in [2.05, 4.69) is 11.9 Å². The van der Waals surface area contributed by atoms with Gasteiger partial charge in [-0.05, 0) is 44.9 Å². The highest BCUT2D eigenvalue weighted by Gasteiger charge is 2.81. The first kappa shape index (κ1) is 26.6. The van der Waals surface area contributed by atoms with Crippen LogP contribution in [-0.2, 0) is 14.3 Å². The van der Waals surface area contributed by atoms with Gasteiger partial charge in [0.05, 0.1) is 17.8 Å². The van der Waals surface area contributed by atoms with Gasteiger partial charge in [0, 0.05) is 23.8 Å². The minimum Gasteiger partial charge on any atom is -0.440 e. The zero-order chi connectivity index (χ0) is 26.0. The van der Waals surface area contributed by atoms with Crippen LogP contribution in [0.25, 0.3) is 0 Å². The van der Waals surface area contributed by atoms with Gasteiger partial charge < -0.3 is 30.1 Å². The summed E-state index contributed by atoms with van der Waals surface area (Å²) in [4.78, 5) is 27.0. The van der Waals surface area contributed by atoms with E-state index in [1.807, 2.05) is 13.8 Å². The SMILES string of the molecule is C=C[C@@]1(C)CC(=O)[C@]2(O)[C@@]3(C)[C@@H](O)CCC(C)(C)[C@@H]3[C@H](O)[C@H](OC(=O)NC3CCCCC3)[C@@]2(C)O1. The van der Waals surface area contributed by atoms with E-state index in [0.29, 0.717) is 12.8 Å². The standard InChI is InChI=1S/C27H43NO7/c1-7-24(4)15-18(30)27(33)25(5)17(29)13-14-23(2,3)20(25)19(31)21(26(27,6)35-24)34-22(32)28-16-11-9-8-10-12-16/h7,16-17,19-21,29,31,33H,1,8-15H2,2-6H3,(H,28,32)/t17-,19-,20-,21-,24-,25-,26+,27-/m0/s1. The zero-order valence-electron chi connectivity index (χ0n) is 21.8. The normalized spacial score (nSPS) is 47.8. The number of aliphatic hydroxyl groups is 3. The highest BCUT2D eigenvalue weighted by Crippen LogP contribution is 2.67. The van der Waals surface area contributed by atoms with Crippen molar-refractivity contribution in [3.8, 4) is 0 Å². The van der Waals surface area contributed by atoms with E-state index in [-0.39, 0.29) is 12.5 Å². The highest BCUT2D eigenvalue weighted by atomic mass is 16.6. The second kappa shape index (κ2) is 8.54. The van der Waals surface area contributed by atoms with Crippen molar-refractivity contribution < 1.29 is 34.4 Å². The molecule has 1 amide bonds. The molecule has 4 rings (SSSR count). The van der Waals surface area contributed by atoms with E-state index >= 15 is 0 Å². The Morgan fingerprint density at radius 3 is 2.34 bits per heavy atom. The molecule has 0 unspecified atom stereocenters. The van der Waals surface area contributed by atoms with Crippen molar-refractivity contribution in [2.45, 2.75) is 127 Å². The number of nitrogens with one attached hydrogen (secondary N) is 1. The fourth-order valence-electron chi connectivity index (χ4n) is 8.04. The number of alkyl carbamates (subject to hydrolysis) is 1. The van der Waals surface area contributed by atoms with Gasteiger partial charge in [-0.3, -0.25) is 4.79 Å². The third-order valence-corrected chi connectivity index (χ3v) is 9.89. The molecule has 3 aliphatic carbocycles. The lowest BCUT2D eigenvalue weighted by Gasteiger charge is -2.71. The summed E-state index contributed by atoms with van der Waals surface area (Å²) in [5, 5.41) is 38.5. The molecule has 4 fully saturated rings. The lowest BCUT2D eigenvalue weighted by atomic mass is 9.40. The molecule has 198 valence electrons. The van der Waals surface area contributed by atoms with Crippen LogP contribution in [0.2, 0.25) is 0 Å². The average molecular weight is 494 g/mol. The van der Waals surface area contributed by atoms with Crippen molar-refractivity contribution in [2.75, 3.05) is 0 Å². The van der Waals surface area contributed by atoms with Gasteiger partial charge in [-0.25, -0.2) is 4.79 Å². The smallest absolute Gasteiger partial charge is 0.407 e. The number of rotatable bonds is 3. The molecule has 35 heavy (non-hydrogen) atoms. The number of Topliss-reactive ketones (excluding diaryl/α,β-unsaturated/α-hetero) is 1. The molecule has 0 aromatic rings. The van der Waals surface area contributed by atoms with Gasteiger partial charge in [0.15, 0.2) is 17.5 Å². The Balaban J connectivity index is 1.81. The molecule has 1 saturated heterocycles. The van der Waals surface area contributed by atoms with Crippen LogP contribution < -0.4 is 5.32 Å². The summed E-state index contributed by atoms with van der Waals surface area (Å²) < 4.78 is 12.3. The lowest BCUT2D eigenvalue weighted by molar-refractivity contribution is -0.369. The fourth-order valence-corrected chi connectivity index (χ4v) is 8.04. The Hall–Kier alpha value is -1.48. The van der Waals surface area contributed by atoms with Crippen LogP contribution in [-0.4, -0.2) is 68.4 Å². The number of ketones is 1. The van der Waals surface area contributed by atoms with Gasteiger partial charge in [-0.2, -0.15) is 0 Å². The number of fused-ring (bicyclic) bond motifs is 3.